The Hall–Kier alpha value is -7.56. The van der Waals surface area contributed by atoms with Crippen molar-refractivity contribution in [3.05, 3.63) is 213 Å². The SMILES string of the molecule is CC(C)(C)c1ccc(N2B3c4cc(C(C)(C)C)ccc4-n4c5cc(N(c6ccc(C(C)(C)C)cc6)c6ccc(C(C)(C)C)cc6)ccc5c5c6c(c(c3c54)-c3cc4c(cc32)C(C)(C)c2cc3c(cc2-4)C(C)(C)CCC3(C)C)-c2ccccc2C6(C)C)cc1. The van der Waals surface area contributed by atoms with Crippen molar-refractivity contribution in [3.63, 3.8) is 0 Å². The van der Waals surface area contributed by atoms with E-state index in [9.17, 15) is 0 Å². The Morgan fingerprint density at radius 2 is 0.920 bits per heavy atom. The fraction of sp³-hybridized carbons (Fsp3) is 0.357. The van der Waals surface area contributed by atoms with Crippen LogP contribution in [0.2, 0.25) is 0 Å². The molecular weight excluding hydrogens is 1060 g/mol. The van der Waals surface area contributed by atoms with E-state index in [2.05, 4.69) is 310 Å². The Morgan fingerprint density at radius 1 is 0.409 bits per heavy atom. The van der Waals surface area contributed by atoms with Crippen molar-refractivity contribution >= 4 is 68.0 Å². The summed E-state index contributed by atoms with van der Waals surface area (Å²) in [6.45, 7) is 47.9. The molecule has 0 fully saturated rings. The molecule has 0 unspecified atom stereocenters. The molecule has 0 saturated heterocycles. The minimum Gasteiger partial charge on any atom is -0.376 e. The molecule has 1 aromatic heterocycles. The van der Waals surface area contributed by atoms with Gasteiger partial charge in [-0.3, -0.25) is 0 Å². The highest BCUT2D eigenvalue weighted by Crippen LogP contribution is 2.62. The predicted molar refractivity (Wildman–Crippen MR) is 380 cm³/mol. The van der Waals surface area contributed by atoms with Gasteiger partial charge in [0.05, 0.1) is 11.0 Å². The maximum Gasteiger partial charge on any atom is 0.333 e. The molecule has 9 aromatic carbocycles. The third-order valence-electron chi connectivity index (χ3n) is 22.2. The van der Waals surface area contributed by atoms with Crippen molar-refractivity contribution in [2.75, 3.05) is 9.71 Å². The molecule has 0 atom stereocenters. The van der Waals surface area contributed by atoms with Gasteiger partial charge in [-0.25, -0.2) is 0 Å². The number of hydrogen-bond donors (Lipinski definition) is 0. The van der Waals surface area contributed by atoms with Crippen LogP contribution < -0.4 is 20.6 Å². The number of hydrogen-bond acceptors (Lipinski definition) is 2. The maximum atomic E-state index is 2.81. The van der Waals surface area contributed by atoms with E-state index < -0.39 is 0 Å². The van der Waals surface area contributed by atoms with Gasteiger partial charge in [-0.1, -0.05) is 223 Å². The van der Waals surface area contributed by atoms with Crippen LogP contribution in [0.25, 0.3) is 60.9 Å². The van der Waals surface area contributed by atoms with Crippen LogP contribution >= 0.6 is 0 Å². The average molecular weight is 1150 g/mol. The molecule has 3 heterocycles. The van der Waals surface area contributed by atoms with E-state index in [0.29, 0.717) is 0 Å². The van der Waals surface area contributed by atoms with Gasteiger partial charge in [-0.2, -0.15) is 0 Å². The molecule has 3 nitrogen and oxygen atoms in total. The lowest BCUT2D eigenvalue weighted by molar-refractivity contribution is 0.331. The van der Waals surface area contributed by atoms with Crippen LogP contribution in [0.4, 0.5) is 28.4 Å². The third kappa shape index (κ3) is 8.00. The standard InChI is InChI=1S/C84H90BN3/c1-77(2,3)49-25-32-53(33-26-49)86(54-34-27-50(28-35-54)78(4,5)6)56-38-39-58-69(44-56)87-68-40-31-52(80(10,11)12)43-67(68)85-75-72(71-57-23-21-22-24-62(57)84(19,20)74(71)73(58)76(75)87)61-45-59-60-46-65-66(82(15,16)42-41-81(65,13)14)47-63(60)83(17,18)64(59)48-70(61)88(85)55-36-29-51(30-37-55)79(7,8)9/h21-40,43-48H,41-42H2,1-20H3. The lowest BCUT2D eigenvalue weighted by atomic mass is 9.43. The summed E-state index contributed by atoms with van der Waals surface area (Å²) in [5, 5.41) is 2.67. The monoisotopic (exact) mass is 1150 g/mol. The Morgan fingerprint density at radius 3 is 1.50 bits per heavy atom. The van der Waals surface area contributed by atoms with Crippen LogP contribution in [-0.2, 0) is 43.3 Å². The third-order valence-corrected chi connectivity index (χ3v) is 22.2. The quantitative estimate of drug-likeness (QED) is 0.163. The van der Waals surface area contributed by atoms with E-state index in [0.717, 1.165) is 17.1 Å². The van der Waals surface area contributed by atoms with Gasteiger partial charge in [-0.05, 0) is 213 Å². The minimum atomic E-state index is -0.316. The highest BCUT2D eigenvalue weighted by molar-refractivity contribution is 6.94. The Kier molecular flexibility index (Phi) is 11.7. The van der Waals surface area contributed by atoms with E-state index in [4.69, 9.17) is 0 Å². The first-order valence-electron chi connectivity index (χ1n) is 32.9. The summed E-state index contributed by atoms with van der Waals surface area (Å²) < 4.78 is 2.74. The van der Waals surface area contributed by atoms with Gasteiger partial charge in [0.15, 0.2) is 0 Å². The van der Waals surface area contributed by atoms with Crippen molar-refractivity contribution in [2.45, 2.75) is 195 Å². The van der Waals surface area contributed by atoms with Gasteiger partial charge in [0.1, 0.15) is 0 Å². The molecule has 0 N–H and O–H groups in total. The molecule has 10 aromatic rings. The smallest absolute Gasteiger partial charge is 0.333 e. The molecule has 444 valence electrons. The van der Waals surface area contributed by atoms with Gasteiger partial charge in [0, 0.05) is 61.3 Å². The van der Waals surface area contributed by atoms with Crippen molar-refractivity contribution < 1.29 is 0 Å². The van der Waals surface area contributed by atoms with E-state index in [1.54, 1.807) is 0 Å². The second-order valence-corrected chi connectivity index (χ2v) is 33.7. The summed E-state index contributed by atoms with van der Waals surface area (Å²) >= 11 is 0. The topological polar surface area (TPSA) is 11.4 Å². The fourth-order valence-corrected chi connectivity index (χ4v) is 16.8. The zero-order valence-corrected chi connectivity index (χ0v) is 56.3. The van der Waals surface area contributed by atoms with Gasteiger partial charge < -0.3 is 14.3 Å². The summed E-state index contributed by atoms with van der Waals surface area (Å²) in [6.07, 6.45) is 2.37. The summed E-state index contributed by atoms with van der Waals surface area (Å²) in [7, 11) is 0. The highest BCUT2D eigenvalue weighted by Gasteiger charge is 2.52. The first-order valence-corrected chi connectivity index (χ1v) is 32.9. The van der Waals surface area contributed by atoms with E-state index in [1.807, 2.05) is 0 Å². The summed E-state index contributed by atoms with van der Waals surface area (Å²) in [4.78, 5) is 5.30. The average Bonchev–Trinajstić information content (AvgIpc) is 1.43. The number of nitrogens with zero attached hydrogens (tertiary/aromatic N) is 3. The zero-order valence-electron chi connectivity index (χ0n) is 56.3. The lowest BCUT2D eigenvalue weighted by Gasteiger charge is -2.44. The van der Waals surface area contributed by atoms with Gasteiger partial charge >= 0.3 is 6.85 Å². The minimum absolute atomic E-state index is 0.00303. The van der Waals surface area contributed by atoms with Crippen LogP contribution in [0, 0.1) is 0 Å². The number of benzene rings is 9. The molecular formula is C84H90BN3. The van der Waals surface area contributed by atoms with Crippen LogP contribution in [0.5, 0.6) is 0 Å². The van der Waals surface area contributed by atoms with Gasteiger partial charge in [0.25, 0.3) is 0 Å². The van der Waals surface area contributed by atoms with Crippen LogP contribution in [0.1, 0.15) is 207 Å². The van der Waals surface area contributed by atoms with Crippen LogP contribution in [-0.4, -0.2) is 11.4 Å². The van der Waals surface area contributed by atoms with Crippen LogP contribution in [0.15, 0.2) is 158 Å². The van der Waals surface area contributed by atoms with E-state index in [-0.39, 0.29) is 50.2 Å². The molecule has 2 aliphatic heterocycles. The van der Waals surface area contributed by atoms with E-state index >= 15 is 0 Å². The number of aromatic nitrogens is 1. The van der Waals surface area contributed by atoms with Crippen molar-refractivity contribution in [1.82, 2.24) is 4.57 Å². The molecule has 4 heteroatoms. The summed E-state index contributed by atoms with van der Waals surface area (Å²) in [5.41, 5.74) is 34.5. The second-order valence-electron chi connectivity index (χ2n) is 33.7. The highest BCUT2D eigenvalue weighted by atomic mass is 15.1. The lowest BCUT2D eigenvalue weighted by Crippen LogP contribution is -2.61. The second kappa shape index (κ2) is 18.1. The Labute approximate surface area is 526 Å². The molecule has 3 aliphatic carbocycles. The summed E-state index contributed by atoms with van der Waals surface area (Å²) in [5.74, 6) is 0. The molecule has 0 bridgehead atoms. The first kappa shape index (κ1) is 56.9. The maximum absolute atomic E-state index is 2.81. The Bertz CT molecular complexity index is 4570. The summed E-state index contributed by atoms with van der Waals surface area (Å²) in [6, 6.07) is 63.6. The molecule has 88 heavy (non-hydrogen) atoms. The largest absolute Gasteiger partial charge is 0.376 e. The molecule has 5 aliphatic rings. The van der Waals surface area contributed by atoms with Crippen LogP contribution in [0.3, 0.4) is 0 Å². The number of rotatable bonds is 4. The normalized spacial score (nSPS) is 17.1. The number of fused-ring (bicyclic) bond motifs is 17. The fourth-order valence-electron chi connectivity index (χ4n) is 16.8. The molecule has 0 saturated carbocycles. The van der Waals surface area contributed by atoms with E-state index in [1.165, 1.54) is 152 Å². The predicted octanol–water partition coefficient (Wildman–Crippen LogP) is 21.6. The first-order chi connectivity index (χ1) is 41.2. The molecule has 15 rings (SSSR count). The number of anilines is 5. The van der Waals surface area contributed by atoms with Gasteiger partial charge in [-0.15, -0.1) is 0 Å². The van der Waals surface area contributed by atoms with Gasteiger partial charge in [0.2, 0.25) is 0 Å². The van der Waals surface area contributed by atoms with Crippen molar-refractivity contribution in [2.24, 2.45) is 0 Å². The molecule has 0 radical (unpaired) electrons. The molecule has 0 spiro atoms. The van der Waals surface area contributed by atoms with Crippen molar-refractivity contribution in [3.8, 4) is 39.1 Å². The zero-order chi connectivity index (χ0) is 62.3. The van der Waals surface area contributed by atoms with Crippen molar-refractivity contribution in [1.29, 1.82) is 0 Å². The Balaban J connectivity index is 1.10. The molecule has 0 amide bonds.